The summed E-state index contributed by atoms with van der Waals surface area (Å²) in [5.74, 6) is -0.729. The fraction of sp³-hybridized carbons (Fsp3) is 0.417. The smallest absolute Gasteiger partial charge is 0.303 e. The van der Waals surface area contributed by atoms with Gasteiger partial charge in [-0.15, -0.1) is 0 Å². The van der Waals surface area contributed by atoms with Crippen LogP contribution in [0.25, 0.3) is 0 Å². The maximum Gasteiger partial charge on any atom is 0.303 e. The Hall–Kier alpha value is -0.740. The molecule has 0 saturated heterocycles. The first kappa shape index (κ1) is 14.3. The third-order valence-electron chi connectivity index (χ3n) is 2.31. The molecule has 0 aliphatic rings. The normalized spacial score (nSPS) is 10.2. The Morgan fingerprint density at radius 1 is 1.35 bits per heavy atom. The second-order valence-electron chi connectivity index (χ2n) is 3.76. The van der Waals surface area contributed by atoms with Gasteiger partial charge in [0.05, 0.1) is 10.7 Å². The summed E-state index contributed by atoms with van der Waals surface area (Å²) in [5, 5.41) is 12.4. The standard InChI is InChI=1S/C12H15BrClNO2/c13-9-5-6-10(14)11(8-9)15-7-3-1-2-4-12(16)17/h5-6,8,15H,1-4,7H2,(H,16,17). The lowest BCUT2D eigenvalue weighted by molar-refractivity contribution is -0.137. The zero-order chi connectivity index (χ0) is 12.7. The van der Waals surface area contributed by atoms with Crippen molar-refractivity contribution in [3.05, 3.63) is 27.7 Å². The predicted octanol–water partition coefficient (Wildman–Crippen LogP) is 4.16. The molecule has 5 heteroatoms. The second-order valence-corrected chi connectivity index (χ2v) is 5.08. The quantitative estimate of drug-likeness (QED) is 0.742. The number of carbonyl (C=O) groups is 1. The van der Waals surface area contributed by atoms with Crippen molar-refractivity contribution in [1.29, 1.82) is 0 Å². The number of halogens is 2. The summed E-state index contributed by atoms with van der Waals surface area (Å²) in [6, 6.07) is 5.65. The van der Waals surface area contributed by atoms with Crippen LogP contribution >= 0.6 is 27.5 Å². The number of unbranched alkanes of at least 4 members (excludes halogenated alkanes) is 2. The molecule has 0 radical (unpaired) electrons. The Bertz CT molecular complexity index is 385. The summed E-state index contributed by atoms with van der Waals surface area (Å²) in [5.41, 5.74) is 0.902. The van der Waals surface area contributed by atoms with Crippen LogP contribution < -0.4 is 5.32 Å². The molecule has 0 aliphatic carbocycles. The van der Waals surface area contributed by atoms with Gasteiger partial charge in [0.25, 0.3) is 0 Å². The third-order valence-corrected chi connectivity index (χ3v) is 3.13. The van der Waals surface area contributed by atoms with Crippen LogP contribution in [0.2, 0.25) is 5.02 Å². The molecule has 0 saturated carbocycles. The van der Waals surface area contributed by atoms with Crippen molar-refractivity contribution in [3.63, 3.8) is 0 Å². The number of nitrogens with one attached hydrogen (secondary N) is 1. The Morgan fingerprint density at radius 3 is 2.82 bits per heavy atom. The third kappa shape index (κ3) is 5.94. The maximum absolute atomic E-state index is 10.3. The summed E-state index contributed by atoms with van der Waals surface area (Å²) < 4.78 is 0.982. The predicted molar refractivity (Wildman–Crippen MR) is 73.7 cm³/mol. The van der Waals surface area contributed by atoms with Gasteiger partial charge in [0.15, 0.2) is 0 Å². The lowest BCUT2D eigenvalue weighted by atomic mass is 10.2. The van der Waals surface area contributed by atoms with Crippen molar-refractivity contribution in [1.82, 2.24) is 0 Å². The monoisotopic (exact) mass is 319 g/mol. The highest BCUT2D eigenvalue weighted by atomic mass is 79.9. The lowest BCUT2D eigenvalue weighted by Gasteiger charge is -2.08. The van der Waals surface area contributed by atoms with E-state index in [-0.39, 0.29) is 6.42 Å². The zero-order valence-corrected chi connectivity index (χ0v) is 11.7. The van der Waals surface area contributed by atoms with E-state index in [9.17, 15) is 4.79 Å². The van der Waals surface area contributed by atoms with Crippen molar-refractivity contribution >= 4 is 39.2 Å². The fourth-order valence-corrected chi connectivity index (χ4v) is 1.98. The van der Waals surface area contributed by atoms with Gasteiger partial charge < -0.3 is 10.4 Å². The minimum atomic E-state index is -0.729. The Labute approximate surface area is 114 Å². The largest absolute Gasteiger partial charge is 0.481 e. The molecule has 17 heavy (non-hydrogen) atoms. The van der Waals surface area contributed by atoms with Gasteiger partial charge in [-0.05, 0) is 31.0 Å². The topological polar surface area (TPSA) is 49.3 Å². The van der Waals surface area contributed by atoms with Crippen molar-refractivity contribution in [2.45, 2.75) is 25.7 Å². The molecule has 1 aromatic rings. The van der Waals surface area contributed by atoms with Crippen molar-refractivity contribution in [3.8, 4) is 0 Å². The molecular formula is C12H15BrClNO2. The number of hydrogen-bond acceptors (Lipinski definition) is 2. The van der Waals surface area contributed by atoms with Crippen molar-refractivity contribution in [2.75, 3.05) is 11.9 Å². The summed E-state index contributed by atoms with van der Waals surface area (Å²) in [7, 11) is 0. The summed E-state index contributed by atoms with van der Waals surface area (Å²) in [4.78, 5) is 10.3. The lowest BCUT2D eigenvalue weighted by Crippen LogP contribution is -2.02. The number of aliphatic carboxylic acids is 1. The molecule has 1 aromatic carbocycles. The first-order valence-corrected chi connectivity index (χ1v) is 6.67. The van der Waals surface area contributed by atoms with Crippen molar-refractivity contribution in [2.24, 2.45) is 0 Å². The Balaban J connectivity index is 2.22. The maximum atomic E-state index is 10.3. The molecule has 2 N–H and O–H groups in total. The van der Waals surface area contributed by atoms with Gasteiger partial charge in [0.1, 0.15) is 0 Å². The first-order valence-electron chi connectivity index (χ1n) is 5.50. The number of rotatable bonds is 7. The Morgan fingerprint density at radius 2 is 2.12 bits per heavy atom. The van der Waals surface area contributed by atoms with Gasteiger partial charge in [-0.2, -0.15) is 0 Å². The van der Waals surface area contributed by atoms with Crippen LogP contribution in [0.3, 0.4) is 0 Å². The second kappa shape index (κ2) is 7.56. The van der Waals surface area contributed by atoms with E-state index in [1.165, 1.54) is 0 Å². The molecule has 94 valence electrons. The average Bonchev–Trinajstić information content (AvgIpc) is 2.27. The van der Waals surface area contributed by atoms with Gasteiger partial charge >= 0.3 is 5.97 Å². The van der Waals surface area contributed by atoms with Crippen LogP contribution in [0.4, 0.5) is 5.69 Å². The summed E-state index contributed by atoms with van der Waals surface area (Å²) in [6.07, 6.45) is 2.82. The number of carboxylic acid groups (broad SMARTS) is 1. The molecular weight excluding hydrogens is 305 g/mol. The minimum absolute atomic E-state index is 0.248. The Kier molecular flexibility index (Phi) is 6.37. The van der Waals surface area contributed by atoms with E-state index < -0.39 is 5.97 Å². The molecule has 3 nitrogen and oxygen atoms in total. The summed E-state index contributed by atoms with van der Waals surface area (Å²) >= 11 is 9.40. The molecule has 0 fully saturated rings. The van der Waals surface area contributed by atoms with E-state index in [0.717, 1.165) is 36.0 Å². The summed E-state index contributed by atoms with van der Waals surface area (Å²) in [6.45, 7) is 0.801. The van der Waals surface area contributed by atoms with Gasteiger partial charge in [0.2, 0.25) is 0 Å². The van der Waals surface area contributed by atoms with Crippen LogP contribution in [-0.2, 0) is 4.79 Å². The van der Waals surface area contributed by atoms with Crippen LogP contribution in [0.5, 0.6) is 0 Å². The number of carboxylic acids is 1. The molecule has 1 rings (SSSR count). The van der Waals surface area contributed by atoms with E-state index in [4.69, 9.17) is 16.7 Å². The van der Waals surface area contributed by atoms with Crippen LogP contribution in [0, 0.1) is 0 Å². The fourth-order valence-electron chi connectivity index (χ4n) is 1.43. The molecule has 0 spiro atoms. The van der Waals surface area contributed by atoms with Gasteiger partial charge in [-0.1, -0.05) is 34.0 Å². The van der Waals surface area contributed by atoms with E-state index in [1.54, 1.807) is 0 Å². The molecule has 0 aromatic heterocycles. The van der Waals surface area contributed by atoms with E-state index in [1.807, 2.05) is 18.2 Å². The number of anilines is 1. The van der Waals surface area contributed by atoms with E-state index >= 15 is 0 Å². The number of benzene rings is 1. The first-order chi connectivity index (χ1) is 8.09. The molecule has 0 heterocycles. The van der Waals surface area contributed by atoms with E-state index in [2.05, 4.69) is 21.2 Å². The molecule has 0 bridgehead atoms. The van der Waals surface area contributed by atoms with Gasteiger partial charge in [-0.25, -0.2) is 0 Å². The van der Waals surface area contributed by atoms with Gasteiger partial charge in [0, 0.05) is 17.4 Å². The molecule has 0 amide bonds. The van der Waals surface area contributed by atoms with Crippen LogP contribution in [0.1, 0.15) is 25.7 Å². The van der Waals surface area contributed by atoms with Crippen LogP contribution in [0.15, 0.2) is 22.7 Å². The average molecular weight is 321 g/mol. The molecule has 0 unspecified atom stereocenters. The molecule has 0 atom stereocenters. The van der Waals surface area contributed by atoms with E-state index in [0.29, 0.717) is 5.02 Å². The van der Waals surface area contributed by atoms with Crippen molar-refractivity contribution < 1.29 is 9.90 Å². The van der Waals surface area contributed by atoms with Gasteiger partial charge in [-0.3, -0.25) is 4.79 Å². The SMILES string of the molecule is O=C(O)CCCCCNc1cc(Br)ccc1Cl. The number of hydrogen-bond donors (Lipinski definition) is 2. The highest BCUT2D eigenvalue weighted by Crippen LogP contribution is 2.25. The highest BCUT2D eigenvalue weighted by molar-refractivity contribution is 9.10. The van der Waals surface area contributed by atoms with Crippen LogP contribution in [-0.4, -0.2) is 17.6 Å². The zero-order valence-electron chi connectivity index (χ0n) is 9.38. The highest BCUT2D eigenvalue weighted by Gasteiger charge is 2.00. The molecule has 0 aliphatic heterocycles. The minimum Gasteiger partial charge on any atom is -0.481 e.